The van der Waals surface area contributed by atoms with Crippen molar-refractivity contribution in [3.63, 3.8) is 0 Å². The van der Waals surface area contributed by atoms with E-state index in [2.05, 4.69) is 10.9 Å². The Kier molecular flexibility index (Phi) is 3.09. The van der Waals surface area contributed by atoms with Gasteiger partial charge in [0.05, 0.1) is 0 Å². The fourth-order valence-electron chi connectivity index (χ4n) is 2.05. The molecule has 2 rings (SSSR count). The zero-order chi connectivity index (χ0) is 11.4. The lowest BCUT2D eigenvalue weighted by atomic mass is 9.85. The van der Waals surface area contributed by atoms with Crippen LogP contribution in [0, 0.1) is 18.3 Å². The summed E-state index contributed by atoms with van der Waals surface area (Å²) in [6, 6.07) is 4.50. The predicted molar refractivity (Wildman–Crippen MR) is 59.5 cm³/mol. The van der Waals surface area contributed by atoms with E-state index in [1.54, 1.807) is 12.1 Å². The molecule has 1 aliphatic rings. The number of nitrogens with zero attached hydrogens (tertiary/aromatic N) is 1. The molecule has 2 nitrogen and oxygen atoms in total. The van der Waals surface area contributed by atoms with Gasteiger partial charge in [-0.15, -0.1) is 6.42 Å². The molecule has 0 spiro atoms. The molecule has 1 fully saturated rings. The second-order valence-electron chi connectivity index (χ2n) is 4.10. The van der Waals surface area contributed by atoms with E-state index in [-0.39, 0.29) is 5.88 Å². The van der Waals surface area contributed by atoms with Gasteiger partial charge in [-0.25, -0.2) is 0 Å². The smallest absolute Gasteiger partial charge is 0.217 e. The topological polar surface area (TPSA) is 22.1 Å². The third kappa shape index (κ3) is 2.33. The third-order valence-electron chi connectivity index (χ3n) is 2.91. The van der Waals surface area contributed by atoms with Crippen LogP contribution in [-0.2, 0) is 0 Å². The Morgan fingerprint density at radius 1 is 1.31 bits per heavy atom. The van der Waals surface area contributed by atoms with E-state index in [0.29, 0.717) is 0 Å². The van der Waals surface area contributed by atoms with Crippen LogP contribution in [0.1, 0.15) is 32.1 Å². The van der Waals surface area contributed by atoms with Crippen molar-refractivity contribution in [2.45, 2.75) is 37.7 Å². The van der Waals surface area contributed by atoms with Gasteiger partial charge in [-0.05, 0) is 31.7 Å². The molecule has 0 N–H and O–H groups in total. The van der Waals surface area contributed by atoms with Crippen molar-refractivity contribution in [3.8, 4) is 18.2 Å². The van der Waals surface area contributed by atoms with Crippen LogP contribution in [-0.4, -0.2) is 10.6 Å². The van der Waals surface area contributed by atoms with Crippen LogP contribution < -0.4 is 4.74 Å². The molecular formula is C13H14FNO. The highest BCUT2D eigenvalue weighted by Crippen LogP contribution is 2.31. The molecule has 0 saturated heterocycles. The molecule has 0 bridgehead atoms. The van der Waals surface area contributed by atoms with Gasteiger partial charge >= 0.3 is 0 Å². The number of aromatic nitrogens is 1. The molecule has 3 heteroatoms. The predicted octanol–water partition coefficient (Wildman–Crippen LogP) is 2.94. The number of pyridine rings is 1. The van der Waals surface area contributed by atoms with Crippen molar-refractivity contribution in [3.05, 3.63) is 24.1 Å². The van der Waals surface area contributed by atoms with Crippen LogP contribution in [0.25, 0.3) is 0 Å². The number of hydrogen-bond acceptors (Lipinski definition) is 2. The fraction of sp³-hybridized carbons (Fsp3) is 0.462. The first-order valence-electron chi connectivity index (χ1n) is 5.53. The minimum atomic E-state index is -0.584. The molecule has 1 saturated carbocycles. The average Bonchev–Trinajstić information content (AvgIpc) is 2.30. The minimum Gasteiger partial charge on any atom is -0.458 e. The van der Waals surface area contributed by atoms with Crippen molar-refractivity contribution in [1.29, 1.82) is 0 Å². The highest BCUT2D eigenvalue weighted by molar-refractivity contribution is 5.18. The molecule has 84 valence electrons. The summed E-state index contributed by atoms with van der Waals surface area (Å²) >= 11 is 0. The normalized spacial score (nSPS) is 18.8. The van der Waals surface area contributed by atoms with Gasteiger partial charge in [0.2, 0.25) is 11.8 Å². The number of terminal acetylenes is 1. The van der Waals surface area contributed by atoms with Gasteiger partial charge in [0.1, 0.15) is 0 Å². The van der Waals surface area contributed by atoms with Gasteiger partial charge in [-0.1, -0.05) is 18.4 Å². The number of ether oxygens (including phenoxy) is 1. The number of rotatable bonds is 2. The second-order valence-corrected chi connectivity index (χ2v) is 4.10. The van der Waals surface area contributed by atoms with Crippen LogP contribution in [0.2, 0.25) is 0 Å². The Labute approximate surface area is 94.8 Å². The first-order valence-corrected chi connectivity index (χ1v) is 5.53. The van der Waals surface area contributed by atoms with Crippen molar-refractivity contribution < 1.29 is 9.13 Å². The van der Waals surface area contributed by atoms with Gasteiger partial charge in [0, 0.05) is 6.07 Å². The van der Waals surface area contributed by atoms with Crippen molar-refractivity contribution in [2.75, 3.05) is 0 Å². The summed E-state index contributed by atoms with van der Waals surface area (Å²) in [5.74, 6) is 2.44. The number of halogens is 1. The van der Waals surface area contributed by atoms with Crippen LogP contribution in [0.15, 0.2) is 18.2 Å². The molecular weight excluding hydrogens is 205 g/mol. The standard InChI is InChI=1S/C13H14FNO/c1-2-13(9-4-3-5-10-13)16-12-8-6-7-11(14)15-12/h1,6-8H,3-5,9-10H2. The SMILES string of the molecule is C#CC1(Oc2cccc(F)n2)CCCCC1. The van der Waals surface area contributed by atoms with E-state index in [9.17, 15) is 4.39 Å². The maximum absolute atomic E-state index is 12.9. The first kappa shape index (κ1) is 10.9. The second kappa shape index (κ2) is 4.52. The molecule has 1 heterocycles. The summed E-state index contributed by atoms with van der Waals surface area (Å²) in [6.45, 7) is 0. The molecule has 0 amide bonds. The van der Waals surface area contributed by atoms with E-state index in [4.69, 9.17) is 11.2 Å². The zero-order valence-corrected chi connectivity index (χ0v) is 9.08. The summed E-state index contributed by atoms with van der Waals surface area (Å²) in [5, 5.41) is 0. The van der Waals surface area contributed by atoms with E-state index >= 15 is 0 Å². The van der Waals surface area contributed by atoms with Gasteiger partial charge in [-0.3, -0.25) is 0 Å². The van der Waals surface area contributed by atoms with Crippen LogP contribution >= 0.6 is 0 Å². The highest BCUT2D eigenvalue weighted by Gasteiger charge is 2.32. The van der Waals surface area contributed by atoms with E-state index < -0.39 is 11.5 Å². The van der Waals surface area contributed by atoms with Crippen LogP contribution in [0.4, 0.5) is 4.39 Å². The van der Waals surface area contributed by atoms with Gasteiger partial charge in [0.15, 0.2) is 5.60 Å². The summed E-state index contributed by atoms with van der Waals surface area (Å²) in [7, 11) is 0. The van der Waals surface area contributed by atoms with Crippen LogP contribution in [0.5, 0.6) is 5.88 Å². The summed E-state index contributed by atoms with van der Waals surface area (Å²) in [6.07, 6.45) is 10.5. The Bertz CT molecular complexity index is 405. The largest absolute Gasteiger partial charge is 0.458 e. The molecule has 1 aliphatic carbocycles. The molecule has 1 aromatic rings. The van der Waals surface area contributed by atoms with E-state index in [0.717, 1.165) is 25.7 Å². The maximum Gasteiger partial charge on any atom is 0.217 e. The maximum atomic E-state index is 12.9. The lowest BCUT2D eigenvalue weighted by Crippen LogP contribution is -2.36. The fourth-order valence-corrected chi connectivity index (χ4v) is 2.05. The quantitative estimate of drug-likeness (QED) is 0.563. The lowest BCUT2D eigenvalue weighted by molar-refractivity contribution is 0.0810. The molecule has 0 radical (unpaired) electrons. The van der Waals surface area contributed by atoms with Gasteiger partial charge in [0.25, 0.3) is 0 Å². The summed E-state index contributed by atoms with van der Waals surface area (Å²) < 4.78 is 18.6. The van der Waals surface area contributed by atoms with Crippen molar-refractivity contribution >= 4 is 0 Å². The van der Waals surface area contributed by atoms with Crippen LogP contribution in [0.3, 0.4) is 0 Å². The Hall–Kier alpha value is -1.56. The minimum absolute atomic E-state index is 0.278. The summed E-state index contributed by atoms with van der Waals surface area (Å²) in [4.78, 5) is 3.68. The lowest BCUT2D eigenvalue weighted by Gasteiger charge is -2.32. The monoisotopic (exact) mass is 219 g/mol. The highest BCUT2D eigenvalue weighted by atomic mass is 19.1. The average molecular weight is 219 g/mol. The molecule has 0 unspecified atom stereocenters. The Balaban J connectivity index is 2.15. The third-order valence-corrected chi connectivity index (χ3v) is 2.91. The Morgan fingerprint density at radius 2 is 2.06 bits per heavy atom. The molecule has 16 heavy (non-hydrogen) atoms. The summed E-state index contributed by atoms with van der Waals surface area (Å²) in [5.41, 5.74) is -0.584. The molecule has 0 aliphatic heterocycles. The molecule has 0 atom stereocenters. The molecule has 0 aromatic carbocycles. The molecule has 1 aromatic heterocycles. The first-order chi connectivity index (χ1) is 7.74. The van der Waals surface area contributed by atoms with Gasteiger partial charge in [-0.2, -0.15) is 9.37 Å². The van der Waals surface area contributed by atoms with E-state index in [1.165, 1.54) is 12.5 Å². The van der Waals surface area contributed by atoms with Gasteiger partial charge < -0.3 is 4.74 Å². The van der Waals surface area contributed by atoms with Crippen molar-refractivity contribution in [1.82, 2.24) is 4.98 Å². The van der Waals surface area contributed by atoms with Crippen molar-refractivity contribution in [2.24, 2.45) is 0 Å². The Morgan fingerprint density at radius 3 is 2.69 bits per heavy atom. The van der Waals surface area contributed by atoms with E-state index in [1.807, 2.05) is 0 Å². The number of hydrogen-bond donors (Lipinski definition) is 0. The zero-order valence-electron chi connectivity index (χ0n) is 9.08.